The number of rotatable bonds is 0. The molecule has 0 N–H and O–H groups in total. The van der Waals surface area contributed by atoms with E-state index < -0.39 is 0 Å². The summed E-state index contributed by atoms with van der Waals surface area (Å²) in [5.74, 6) is 1.02. The van der Waals surface area contributed by atoms with Crippen molar-refractivity contribution in [1.82, 2.24) is 0 Å². The molecule has 0 saturated heterocycles. The van der Waals surface area contributed by atoms with E-state index in [1.807, 2.05) is 23.5 Å². The van der Waals surface area contributed by atoms with Crippen LogP contribution in [0, 0.1) is 0 Å². The Morgan fingerprint density at radius 3 is 3.06 bits per heavy atom. The van der Waals surface area contributed by atoms with Crippen molar-refractivity contribution in [2.45, 2.75) is 18.3 Å². The van der Waals surface area contributed by atoms with Crippen LogP contribution in [0.1, 0.15) is 16.0 Å². The van der Waals surface area contributed by atoms with Crippen LogP contribution < -0.4 is 4.74 Å². The highest BCUT2D eigenvalue weighted by molar-refractivity contribution is 7.10. The minimum Gasteiger partial charge on any atom is -0.492 e. The van der Waals surface area contributed by atoms with Crippen LogP contribution in [0.15, 0.2) is 29.6 Å². The normalized spacial score (nSPS) is 24.8. The Morgan fingerprint density at radius 1 is 1.24 bits per heavy atom. The predicted molar refractivity (Wildman–Crippen MR) is 70.4 cm³/mol. The fraction of sp³-hybridized carbons (Fsp3) is 0.286. The van der Waals surface area contributed by atoms with Crippen LogP contribution in [0.3, 0.4) is 0 Å². The van der Waals surface area contributed by atoms with Gasteiger partial charge in [0.05, 0.1) is 6.61 Å². The maximum absolute atomic E-state index is 6.12. The van der Waals surface area contributed by atoms with Gasteiger partial charge >= 0.3 is 0 Å². The van der Waals surface area contributed by atoms with Crippen LogP contribution >= 0.6 is 22.9 Å². The third kappa shape index (κ3) is 1.31. The van der Waals surface area contributed by atoms with Gasteiger partial charge in [-0.05, 0) is 48.1 Å². The molecule has 2 heterocycles. The predicted octanol–water partition coefficient (Wildman–Crippen LogP) is 3.83. The molecule has 1 atom stereocenters. The second-order valence-corrected chi connectivity index (χ2v) is 6.37. The lowest BCUT2D eigenvalue weighted by molar-refractivity contribution is 0.271. The van der Waals surface area contributed by atoms with Gasteiger partial charge in [-0.3, -0.25) is 0 Å². The first kappa shape index (κ1) is 9.98. The van der Waals surface area contributed by atoms with Crippen molar-refractivity contribution in [3.05, 3.63) is 50.7 Å². The fourth-order valence-electron chi connectivity index (χ4n) is 3.04. The molecule has 1 aromatic heterocycles. The van der Waals surface area contributed by atoms with E-state index in [1.165, 1.54) is 16.0 Å². The second kappa shape index (κ2) is 3.27. The summed E-state index contributed by atoms with van der Waals surface area (Å²) in [5.41, 5.74) is 2.95. The third-order valence-electron chi connectivity index (χ3n) is 3.88. The van der Waals surface area contributed by atoms with E-state index in [0.717, 1.165) is 30.2 Å². The van der Waals surface area contributed by atoms with Gasteiger partial charge in [0.1, 0.15) is 5.75 Å². The molecule has 1 nitrogen and oxygen atoms in total. The van der Waals surface area contributed by atoms with Crippen molar-refractivity contribution in [2.75, 3.05) is 6.61 Å². The number of benzene rings is 1. The Morgan fingerprint density at radius 2 is 2.18 bits per heavy atom. The van der Waals surface area contributed by atoms with Crippen LogP contribution in [-0.2, 0) is 18.3 Å². The van der Waals surface area contributed by atoms with Gasteiger partial charge in [0.2, 0.25) is 0 Å². The highest BCUT2D eigenvalue weighted by Crippen LogP contribution is 2.49. The van der Waals surface area contributed by atoms with Gasteiger partial charge in [0.15, 0.2) is 0 Å². The Balaban J connectivity index is 1.85. The monoisotopic (exact) mass is 262 g/mol. The molecule has 86 valence electrons. The van der Waals surface area contributed by atoms with Crippen molar-refractivity contribution < 1.29 is 4.74 Å². The molecule has 1 aliphatic heterocycles. The molecule has 0 fully saturated rings. The summed E-state index contributed by atoms with van der Waals surface area (Å²) >= 11 is 7.98. The smallest absolute Gasteiger partial charge is 0.123 e. The zero-order valence-electron chi connectivity index (χ0n) is 9.20. The molecule has 1 aromatic carbocycles. The number of fused-ring (bicyclic) bond motifs is 3. The topological polar surface area (TPSA) is 9.23 Å². The number of hydrogen-bond acceptors (Lipinski definition) is 2. The minimum absolute atomic E-state index is 0.155. The average molecular weight is 263 g/mol. The van der Waals surface area contributed by atoms with Crippen LogP contribution in [0.2, 0.25) is 5.02 Å². The van der Waals surface area contributed by atoms with E-state index in [9.17, 15) is 0 Å². The molecular formula is C14H11ClOS. The molecule has 0 radical (unpaired) electrons. The third-order valence-corrected chi connectivity index (χ3v) is 5.08. The molecule has 17 heavy (non-hydrogen) atoms. The molecule has 1 aliphatic carbocycles. The van der Waals surface area contributed by atoms with Crippen LogP contribution in [0.25, 0.3) is 0 Å². The van der Waals surface area contributed by atoms with E-state index in [2.05, 4.69) is 17.5 Å². The highest BCUT2D eigenvalue weighted by Gasteiger charge is 2.45. The minimum atomic E-state index is 0.155. The van der Waals surface area contributed by atoms with Gasteiger partial charge in [-0.15, -0.1) is 11.3 Å². The molecule has 4 rings (SSSR count). The quantitative estimate of drug-likeness (QED) is 0.701. The Kier molecular flexibility index (Phi) is 1.92. The maximum Gasteiger partial charge on any atom is 0.123 e. The van der Waals surface area contributed by atoms with Gasteiger partial charge in [-0.2, -0.15) is 0 Å². The van der Waals surface area contributed by atoms with E-state index in [4.69, 9.17) is 16.3 Å². The van der Waals surface area contributed by atoms with Crippen LogP contribution in [-0.4, -0.2) is 6.61 Å². The Labute approximate surface area is 109 Å². The lowest BCUT2D eigenvalue weighted by Crippen LogP contribution is -2.28. The summed E-state index contributed by atoms with van der Waals surface area (Å²) in [6.07, 6.45) is 2.20. The van der Waals surface area contributed by atoms with Gasteiger partial charge in [-0.25, -0.2) is 0 Å². The zero-order chi connectivity index (χ0) is 11.5. The van der Waals surface area contributed by atoms with Crippen LogP contribution in [0.5, 0.6) is 5.75 Å². The molecule has 2 aliphatic rings. The molecule has 0 bridgehead atoms. The van der Waals surface area contributed by atoms with Gasteiger partial charge in [0.25, 0.3) is 0 Å². The fourth-order valence-corrected chi connectivity index (χ4v) is 4.26. The first-order valence-electron chi connectivity index (χ1n) is 5.75. The SMILES string of the molecule is Clc1ccc2c(c1)[C@@]1(CO2)Cc2ccsc2C1. The summed E-state index contributed by atoms with van der Waals surface area (Å²) in [5, 5.41) is 3.00. The largest absolute Gasteiger partial charge is 0.492 e. The van der Waals surface area contributed by atoms with Crippen molar-refractivity contribution in [3.8, 4) is 5.75 Å². The standard InChI is InChI=1S/C14H11ClOS/c15-10-1-2-12-11(5-10)14(8-16-12)6-9-3-4-17-13(9)7-14/h1-5H,6-8H2/t14-/m0/s1. The van der Waals surface area contributed by atoms with E-state index in [-0.39, 0.29) is 5.41 Å². The zero-order valence-corrected chi connectivity index (χ0v) is 10.8. The maximum atomic E-state index is 6.12. The van der Waals surface area contributed by atoms with Gasteiger partial charge < -0.3 is 4.74 Å². The Hall–Kier alpha value is -0.990. The van der Waals surface area contributed by atoms with Gasteiger partial charge in [0, 0.05) is 20.9 Å². The summed E-state index contributed by atoms with van der Waals surface area (Å²) < 4.78 is 5.84. The van der Waals surface area contributed by atoms with E-state index in [0.29, 0.717) is 0 Å². The molecular weight excluding hydrogens is 252 g/mol. The molecule has 0 saturated carbocycles. The summed E-state index contributed by atoms with van der Waals surface area (Å²) in [7, 11) is 0. The number of halogens is 1. The lowest BCUT2D eigenvalue weighted by Gasteiger charge is -2.21. The molecule has 3 heteroatoms. The summed E-state index contributed by atoms with van der Waals surface area (Å²) in [6, 6.07) is 8.24. The van der Waals surface area contributed by atoms with Crippen molar-refractivity contribution in [3.63, 3.8) is 0 Å². The molecule has 2 aromatic rings. The van der Waals surface area contributed by atoms with E-state index >= 15 is 0 Å². The average Bonchev–Trinajstić information content (AvgIpc) is 2.94. The Bertz CT molecular complexity index is 582. The summed E-state index contributed by atoms with van der Waals surface area (Å²) in [6.45, 7) is 0.796. The number of hydrogen-bond donors (Lipinski definition) is 0. The number of thiophene rings is 1. The molecule has 0 amide bonds. The first-order chi connectivity index (χ1) is 8.27. The molecule has 0 unspecified atom stereocenters. The number of ether oxygens (including phenoxy) is 1. The van der Waals surface area contributed by atoms with Crippen molar-refractivity contribution in [2.24, 2.45) is 0 Å². The molecule has 1 spiro atoms. The van der Waals surface area contributed by atoms with Crippen LogP contribution in [0.4, 0.5) is 0 Å². The van der Waals surface area contributed by atoms with Gasteiger partial charge in [-0.1, -0.05) is 11.6 Å². The highest BCUT2D eigenvalue weighted by atomic mass is 35.5. The first-order valence-corrected chi connectivity index (χ1v) is 7.01. The van der Waals surface area contributed by atoms with E-state index in [1.54, 1.807) is 0 Å². The van der Waals surface area contributed by atoms with Crippen molar-refractivity contribution in [1.29, 1.82) is 0 Å². The lowest BCUT2D eigenvalue weighted by atomic mass is 9.80. The van der Waals surface area contributed by atoms with Crippen molar-refractivity contribution >= 4 is 22.9 Å². The summed E-state index contributed by atoms with van der Waals surface area (Å²) in [4.78, 5) is 1.52. The second-order valence-electron chi connectivity index (χ2n) is 4.93.